The SMILES string of the molecule is CNc1ncc(S(=O)(=O)N(C)C2CCC(C)CC2)cc1Cl. The number of nitrogens with zero attached hydrogens (tertiary/aromatic N) is 2. The number of rotatable bonds is 4. The van der Waals surface area contributed by atoms with Gasteiger partial charge < -0.3 is 5.32 Å². The van der Waals surface area contributed by atoms with Gasteiger partial charge in [0.05, 0.1) is 5.02 Å². The van der Waals surface area contributed by atoms with Gasteiger partial charge in [-0.1, -0.05) is 18.5 Å². The number of sulfonamides is 1. The molecule has 0 amide bonds. The zero-order chi connectivity index (χ0) is 15.6. The highest BCUT2D eigenvalue weighted by Gasteiger charge is 2.31. The van der Waals surface area contributed by atoms with Crippen LogP contribution in [-0.2, 0) is 10.0 Å². The fraction of sp³-hybridized carbons (Fsp3) is 0.643. The average molecular weight is 332 g/mol. The number of hydrogen-bond donors (Lipinski definition) is 1. The Hall–Kier alpha value is -0.850. The first-order valence-electron chi connectivity index (χ1n) is 7.17. The third-order valence-electron chi connectivity index (χ3n) is 4.23. The van der Waals surface area contributed by atoms with Crippen LogP contribution in [-0.4, -0.2) is 37.8 Å². The number of hydrogen-bond acceptors (Lipinski definition) is 4. The lowest BCUT2D eigenvalue weighted by atomic mass is 9.87. The van der Waals surface area contributed by atoms with E-state index >= 15 is 0 Å². The monoisotopic (exact) mass is 331 g/mol. The lowest BCUT2D eigenvalue weighted by Crippen LogP contribution is -2.39. The molecule has 1 heterocycles. The molecule has 1 aliphatic carbocycles. The highest BCUT2D eigenvalue weighted by atomic mass is 35.5. The van der Waals surface area contributed by atoms with Crippen LogP contribution in [0.1, 0.15) is 32.6 Å². The molecule has 0 aliphatic heterocycles. The molecule has 0 spiro atoms. The third kappa shape index (κ3) is 3.49. The maximum atomic E-state index is 12.7. The van der Waals surface area contributed by atoms with Crippen molar-refractivity contribution < 1.29 is 8.42 Å². The first-order valence-corrected chi connectivity index (χ1v) is 8.99. The van der Waals surface area contributed by atoms with E-state index in [9.17, 15) is 8.42 Å². The normalized spacial score (nSPS) is 23.3. The molecule has 7 heteroatoms. The van der Waals surface area contributed by atoms with Gasteiger partial charge >= 0.3 is 0 Å². The van der Waals surface area contributed by atoms with E-state index in [-0.39, 0.29) is 10.9 Å². The van der Waals surface area contributed by atoms with Gasteiger partial charge in [0.25, 0.3) is 0 Å². The molecule has 5 nitrogen and oxygen atoms in total. The van der Waals surface area contributed by atoms with E-state index in [0.717, 1.165) is 25.7 Å². The van der Waals surface area contributed by atoms with Crippen molar-refractivity contribution in [3.8, 4) is 0 Å². The zero-order valence-electron chi connectivity index (χ0n) is 12.6. The molecular weight excluding hydrogens is 310 g/mol. The van der Waals surface area contributed by atoms with Crippen LogP contribution in [0.25, 0.3) is 0 Å². The van der Waals surface area contributed by atoms with Gasteiger partial charge in [0, 0.05) is 26.3 Å². The molecule has 1 fully saturated rings. The van der Waals surface area contributed by atoms with Crippen LogP contribution in [0.4, 0.5) is 5.82 Å². The summed E-state index contributed by atoms with van der Waals surface area (Å²) >= 11 is 6.04. The van der Waals surface area contributed by atoms with Crippen LogP contribution in [0.3, 0.4) is 0 Å². The summed E-state index contributed by atoms with van der Waals surface area (Å²) in [6.07, 6.45) is 5.32. The Morgan fingerprint density at radius 2 is 1.95 bits per heavy atom. The van der Waals surface area contributed by atoms with Crippen LogP contribution < -0.4 is 5.32 Å². The Balaban J connectivity index is 2.22. The molecule has 1 N–H and O–H groups in total. The van der Waals surface area contributed by atoms with Crippen molar-refractivity contribution in [2.75, 3.05) is 19.4 Å². The Morgan fingerprint density at radius 3 is 2.48 bits per heavy atom. The second kappa shape index (κ2) is 6.50. The lowest BCUT2D eigenvalue weighted by molar-refractivity contribution is 0.246. The van der Waals surface area contributed by atoms with Crippen LogP contribution in [0.5, 0.6) is 0 Å². The second-order valence-electron chi connectivity index (χ2n) is 5.69. The Morgan fingerprint density at radius 1 is 1.33 bits per heavy atom. The van der Waals surface area contributed by atoms with Crippen molar-refractivity contribution in [3.05, 3.63) is 17.3 Å². The quantitative estimate of drug-likeness (QED) is 0.921. The Kier molecular flexibility index (Phi) is 5.11. The van der Waals surface area contributed by atoms with Gasteiger partial charge in [0.2, 0.25) is 10.0 Å². The van der Waals surface area contributed by atoms with E-state index in [0.29, 0.717) is 16.8 Å². The first kappa shape index (κ1) is 16.5. The molecule has 118 valence electrons. The molecule has 0 radical (unpaired) electrons. The van der Waals surface area contributed by atoms with Crippen molar-refractivity contribution >= 4 is 27.4 Å². The van der Waals surface area contributed by atoms with Gasteiger partial charge in [-0.3, -0.25) is 0 Å². The highest BCUT2D eigenvalue weighted by molar-refractivity contribution is 7.89. The largest absolute Gasteiger partial charge is 0.372 e. The van der Waals surface area contributed by atoms with Gasteiger partial charge in [0.1, 0.15) is 10.7 Å². The van der Waals surface area contributed by atoms with E-state index in [4.69, 9.17) is 11.6 Å². The van der Waals surface area contributed by atoms with Crippen molar-refractivity contribution in [1.29, 1.82) is 0 Å². The summed E-state index contributed by atoms with van der Waals surface area (Å²) in [4.78, 5) is 4.20. The minimum Gasteiger partial charge on any atom is -0.372 e. The summed E-state index contributed by atoms with van der Waals surface area (Å²) in [5.74, 6) is 1.16. The third-order valence-corrected chi connectivity index (χ3v) is 6.39. The topological polar surface area (TPSA) is 62.3 Å². The number of pyridine rings is 1. The van der Waals surface area contributed by atoms with Gasteiger partial charge in [-0.2, -0.15) is 4.31 Å². The fourth-order valence-corrected chi connectivity index (χ4v) is 4.43. The van der Waals surface area contributed by atoms with Crippen LogP contribution in [0, 0.1) is 5.92 Å². The van der Waals surface area contributed by atoms with Crippen LogP contribution >= 0.6 is 11.6 Å². The standard InChI is InChI=1S/C14H22ClN3O2S/c1-10-4-6-11(7-5-10)18(3)21(19,20)12-8-13(15)14(16-2)17-9-12/h8-11H,4-7H2,1-3H3,(H,16,17). The molecule has 2 rings (SSSR count). The average Bonchev–Trinajstić information content (AvgIpc) is 2.47. The molecule has 0 atom stereocenters. The number of halogens is 1. The highest BCUT2D eigenvalue weighted by Crippen LogP contribution is 2.30. The maximum absolute atomic E-state index is 12.7. The van der Waals surface area contributed by atoms with Crippen molar-refractivity contribution in [2.45, 2.75) is 43.5 Å². The molecule has 1 aliphatic rings. The predicted molar refractivity (Wildman–Crippen MR) is 85.2 cm³/mol. The van der Waals surface area contributed by atoms with Crippen molar-refractivity contribution in [3.63, 3.8) is 0 Å². The minimum absolute atomic E-state index is 0.0638. The first-order chi connectivity index (χ1) is 9.86. The summed E-state index contributed by atoms with van der Waals surface area (Å²) in [6, 6.07) is 1.52. The molecule has 0 aromatic carbocycles. The number of aromatic nitrogens is 1. The minimum atomic E-state index is -3.54. The molecule has 1 aromatic rings. The summed E-state index contributed by atoms with van der Waals surface area (Å²) in [6.45, 7) is 2.21. The zero-order valence-corrected chi connectivity index (χ0v) is 14.2. The molecule has 1 aromatic heterocycles. The van der Waals surface area contributed by atoms with E-state index in [1.54, 1.807) is 14.1 Å². The van der Waals surface area contributed by atoms with Crippen molar-refractivity contribution in [2.24, 2.45) is 5.92 Å². The summed E-state index contributed by atoms with van der Waals surface area (Å²) in [5.41, 5.74) is 0. The van der Waals surface area contributed by atoms with E-state index < -0.39 is 10.0 Å². The summed E-state index contributed by atoms with van der Waals surface area (Å²) in [5, 5.41) is 3.13. The Labute approximate surface area is 131 Å². The molecule has 21 heavy (non-hydrogen) atoms. The molecule has 0 bridgehead atoms. The fourth-order valence-electron chi connectivity index (χ4n) is 2.71. The van der Waals surface area contributed by atoms with E-state index in [1.807, 2.05) is 0 Å². The van der Waals surface area contributed by atoms with Gasteiger partial charge in [-0.05, 0) is 37.7 Å². The number of anilines is 1. The maximum Gasteiger partial charge on any atom is 0.244 e. The molecule has 1 saturated carbocycles. The summed E-state index contributed by atoms with van der Waals surface area (Å²) < 4.78 is 26.8. The van der Waals surface area contributed by atoms with E-state index in [2.05, 4.69) is 17.2 Å². The van der Waals surface area contributed by atoms with E-state index in [1.165, 1.54) is 16.6 Å². The van der Waals surface area contributed by atoms with Gasteiger partial charge in [0.15, 0.2) is 0 Å². The lowest BCUT2D eigenvalue weighted by Gasteiger charge is -2.32. The Bertz CT molecular complexity index is 598. The van der Waals surface area contributed by atoms with Crippen LogP contribution in [0.15, 0.2) is 17.2 Å². The second-order valence-corrected chi connectivity index (χ2v) is 8.09. The van der Waals surface area contributed by atoms with Gasteiger partial charge in [-0.15, -0.1) is 0 Å². The molecular formula is C14H22ClN3O2S. The molecule has 0 saturated heterocycles. The smallest absolute Gasteiger partial charge is 0.244 e. The van der Waals surface area contributed by atoms with Gasteiger partial charge in [-0.25, -0.2) is 13.4 Å². The summed E-state index contributed by atoms with van der Waals surface area (Å²) in [7, 11) is -0.204. The van der Waals surface area contributed by atoms with Crippen LogP contribution in [0.2, 0.25) is 5.02 Å². The van der Waals surface area contributed by atoms with Crippen molar-refractivity contribution in [1.82, 2.24) is 9.29 Å². The number of nitrogens with one attached hydrogen (secondary N) is 1. The predicted octanol–water partition coefficient (Wildman–Crippen LogP) is 2.98. The molecule has 0 unspecified atom stereocenters.